The summed E-state index contributed by atoms with van der Waals surface area (Å²) in [6.07, 6.45) is 2.14. The molecule has 0 radical (unpaired) electrons. The summed E-state index contributed by atoms with van der Waals surface area (Å²) in [6, 6.07) is 7.01. The Balaban J connectivity index is 1.65. The molecule has 1 amide bonds. The van der Waals surface area contributed by atoms with Crippen LogP contribution in [0.5, 0.6) is 5.75 Å². The van der Waals surface area contributed by atoms with Crippen molar-refractivity contribution in [1.82, 2.24) is 4.90 Å². The molecule has 5 nitrogen and oxygen atoms in total. The first-order valence-electron chi connectivity index (χ1n) is 8.11. The van der Waals surface area contributed by atoms with Gasteiger partial charge in [0.05, 0.1) is 19.3 Å². The van der Waals surface area contributed by atoms with Crippen LogP contribution < -0.4 is 4.74 Å². The summed E-state index contributed by atoms with van der Waals surface area (Å²) in [4.78, 5) is 14.7. The highest BCUT2D eigenvalue weighted by atomic mass is 35.5. The van der Waals surface area contributed by atoms with Crippen LogP contribution in [0.2, 0.25) is 5.02 Å². The van der Waals surface area contributed by atoms with Gasteiger partial charge in [0, 0.05) is 11.6 Å². The standard InChI is InChI=1S/C17H22ClNO4/c1-12(23-14-7-5-13(18)6-8-14)16(20)19-9-3-2-4-15(19)17-21-10-11-22-17/h5-8,12,15,17H,2-4,9-11H2,1H3. The predicted octanol–water partition coefficient (Wildman–Crippen LogP) is 2.86. The van der Waals surface area contributed by atoms with E-state index in [-0.39, 0.29) is 18.2 Å². The topological polar surface area (TPSA) is 48.0 Å². The minimum Gasteiger partial charge on any atom is -0.481 e. The first-order chi connectivity index (χ1) is 11.1. The number of amides is 1. The molecule has 126 valence electrons. The average molecular weight is 340 g/mol. The summed E-state index contributed by atoms with van der Waals surface area (Å²) in [7, 11) is 0. The van der Waals surface area contributed by atoms with Crippen molar-refractivity contribution in [1.29, 1.82) is 0 Å². The lowest BCUT2D eigenvalue weighted by molar-refractivity contribution is -0.156. The first-order valence-corrected chi connectivity index (χ1v) is 8.49. The summed E-state index contributed by atoms with van der Waals surface area (Å²) >= 11 is 5.87. The molecular formula is C17H22ClNO4. The number of carbonyl (C=O) groups excluding carboxylic acids is 1. The van der Waals surface area contributed by atoms with Crippen LogP contribution in [0.3, 0.4) is 0 Å². The van der Waals surface area contributed by atoms with E-state index in [1.165, 1.54) is 0 Å². The minimum atomic E-state index is -0.557. The lowest BCUT2D eigenvalue weighted by Gasteiger charge is -2.39. The van der Waals surface area contributed by atoms with Crippen molar-refractivity contribution in [3.8, 4) is 5.75 Å². The number of benzene rings is 1. The van der Waals surface area contributed by atoms with Gasteiger partial charge in [-0.3, -0.25) is 4.79 Å². The average Bonchev–Trinajstić information content (AvgIpc) is 3.10. The van der Waals surface area contributed by atoms with Crippen LogP contribution in [0.25, 0.3) is 0 Å². The second kappa shape index (κ2) is 7.51. The summed E-state index contributed by atoms with van der Waals surface area (Å²) < 4.78 is 17.0. The molecule has 0 aliphatic carbocycles. The van der Waals surface area contributed by atoms with Crippen molar-refractivity contribution in [2.45, 2.75) is 44.6 Å². The molecule has 2 atom stereocenters. The van der Waals surface area contributed by atoms with E-state index in [0.29, 0.717) is 24.0 Å². The molecule has 2 unspecified atom stereocenters. The fraction of sp³-hybridized carbons (Fsp3) is 0.588. The zero-order valence-electron chi connectivity index (χ0n) is 13.2. The van der Waals surface area contributed by atoms with Crippen LogP contribution in [0.4, 0.5) is 0 Å². The molecule has 2 heterocycles. The zero-order chi connectivity index (χ0) is 16.2. The highest BCUT2D eigenvalue weighted by Crippen LogP contribution is 2.26. The SMILES string of the molecule is CC(Oc1ccc(Cl)cc1)C(=O)N1CCCCC1C1OCCO1. The molecular weight excluding hydrogens is 318 g/mol. The van der Waals surface area contributed by atoms with Gasteiger partial charge in [-0.1, -0.05) is 11.6 Å². The van der Waals surface area contributed by atoms with E-state index in [4.69, 9.17) is 25.8 Å². The van der Waals surface area contributed by atoms with E-state index in [9.17, 15) is 4.79 Å². The number of rotatable bonds is 4. The molecule has 2 aliphatic heterocycles. The van der Waals surface area contributed by atoms with Gasteiger partial charge in [-0.2, -0.15) is 0 Å². The van der Waals surface area contributed by atoms with Crippen LogP contribution >= 0.6 is 11.6 Å². The first kappa shape index (κ1) is 16.6. The maximum Gasteiger partial charge on any atom is 0.263 e. The number of ether oxygens (including phenoxy) is 3. The fourth-order valence-electron chi connectivity index (χ4n) is 3.11. The molecule has 0 bridgehead atoms. The van der Waals surface area contributed by atoms with Crippen molar-refractivity contribution in [2.75, 3.05) is 19.8 Å². The lowest BCUT2D eigenvalue weighted by Crippen LogP contribution is -2.53. The smallest absolute Gasteiger partial charge is 0.263 e. The molecule has 0 spiro atoms. The van der Waals surface area contributed by atoms with Crippen molar-refractivity contribution in [2.24, 2.45) is 0 Å². The minimum absolute atomic E-state index is 0.0185. The molecule has 2 saturated heterocycles. The van der Waals surface area contributed by atoms with Crippen molar-refractivity contribution >= 4 is 17.5 Å². The normalized spacial score (nSPS) is 23.7. The molecule has 0 N–H and O–H groups in total. The third-order valence-corrected chi connectivity index (χ3v) is 4.52. The number of carbonyl (C=O) groups is 1. The Morgan fingerprint density at radius 2 is 1.96 bits per heavy atom. The Morgan fingerprint density at radius 1 is 1.26 bits per heavy atom. The van der Waals surface area contributed by atoms with Crippen LogP contribution in [0.15, 0.2) is 24.3 Å². The maximum atomic E-state index is 12.8. The van der Waals surface area contributed by atoms with Gasteiger partial charge < -0.3 is 19.1 Å². The summed E-state index contributed by atoms with van der Waals surface area (Å²) in [5.74, 6) is 0.612. The van der Waals surface area contributed by atoms with Gasteiger partial charge in [-0.25, -0.2) is 0 Å². The lowest BCUT2D eigenvalue weighted by atomic mass is 10.0. The Morgan fingerprint density at radius 3 is 2.65 bits per heavy atom. The predicted molar refractivity (Wildman–Crippen MR) is 86.6 cm³/mol. The van der Waals surface area contributed by atoms with Crippen LogP contribution in [0, 0.1) is 0 Å². The van der Waals surface area contributed by atoms with E-state index in [2.05, 4.69) is 0 Å². The Labute approximate surface area is 141 Å². The Hall–Kier alpha value is -1.30. The quantitative estimate of drug-likeness (QED) is 0.846. The molecule has 2 fully saturated rings. The Bertz CT molecular complexity index is 530. The second-order valence-corrected chi connectivity index (χ2v) is 6.36. The van der Waals surface area contributed by atoms with Gasteiger partial charge in [0.2, 0.25) is 0 Å². The zero-order valence-corrected chi connectivity index (χ0v) is 14.0. The van der Waals surface area contributed by atoms with Gasteiger partial charge in [-0.15, -0.1) is 0 Å². The number of hydrogen-bond donors (Lipinski definition) is 0. The molecule has 23 heavy (non-hydrogen) atoms. The summed E-state index contributed by atoms with van der Waals surface area (Å²) in [5, 5.41) is 0.642. The summed E-state index contributed by atoms with van der Waals surface area (Å²) in [5.41, 5.74) is 0. The number of halogens is 1. The van der Waals surface area contributed by atoms with Crippen LogP contribution in [-0.4, -0.2) is 49.0 Å². The largest absolute Gasteiger partial charge is 0.481 e. The van der Waals surface area contributed by atoms with Gasteiger partial charge in [0.1, 0.15) is 5.75 Å². The molecule has 0 saturated carbocycles. The highest BCUT2D eigenvalue weighted by Gasteiger charge is 2.38. The van der Waals surface area contributed by atoms with Crippen LogP contribution in [0.1, 0.15) is 26.2 Å². The third kappa shape index (κ3) is 3.97. The molecule has 2 aliphatic rings. The number of piperidine rings is 1. The van der Waals surface area contributed by atoms with E-state index in [0.717, 1.165) is 25.8 Å². The summed E-state index contributed by atoms with van der Waals surface area (Å²) in [6.45, 7) is 3.69. The molecule has 6 heteroatoms. The highest BCUT2D eigenvalue weighted by molar-refractivity contribution is 6.30. The van der Waals surface area contributed by atoms with Gasteiger partial charge >= 0.3 is 0 Å². The van der Waals surface area contributed by atoms with E-state index in [1.807, 2.05) is 4.90 Å². The van der Waals surface area contributed by atoms with E-state index < -0.39 is 6.10 Å². The van der Waals surface area contributed by atoms with Crippen molar-refractivity contribution in [3.05, 3.63) is 29.3 Å². The van der Waals surface area contributed by atoms with Crippen LogP contribution in [-0.2, 0) is 14.3 Å². The van der Waals surface area contributed by atoms with Gasteiger partial charge in [-0.05, 0) is 50.5 Å². The fourth-order valence-corrected chi connectivity index (χ4v) is 3.24. The van der Waals surface area contributed by atoms with Crippen molar-refractivity contribution < 1.29 is 19.0 Å². The molecule has 1 aromatic carbocycles. The van der Waals surface area contributed by atoms with Gasteiger partial charge in [0.15, 0.2) is 12.4 Å². The number of likely N-dealkylation sites (tertiary alicyclic amines) is 1. The molecule has 3 rings (SSSR count). The Kier molecular flexibility index (Phi) is 5.41. The molecule has 0 aromatic heterocycles. The monoisotopic (exact) mass is 339 g/mol. The van der Waals surface area contributed by atoms with Crippen molar-refractivity contribution in [3.63, 3.8) is 0 Å². The molecule has 1 aromatic rings. The van der Waals surface area contributed by atoms with E-state index >= 15 is 0 Å². The second-order valence-electron chi connectivity index (χ2n) is 5.92. The van der Waals surface area contributed by atoms with Gasteiger partial charge in [0.25, 0.3) is 5.91 Å². The number of nitrogens with zero attached hydrogens (tertiary/aromatic N) is 1. The number of hydrogen-bond acceptors (Lipinski definition) is 4. The maximum absolute atomic E-state index is 12.8. The third-order valence-electron chi connectivity index (χ3n) is 4.27. The van der Waals surface area contributed by atoms with E-state index in [1.54, 1.807) is 31.2 Å².